The smallest absolute Gasteiger partial charge is 0.232 e. The molecule has 7 nitrogen and oxygen atoms in total. The van der Waals surface area contributed by atoms with Crippen LogP contribution in [-0.2, 0) is 0 Å². The molecular formula is C16H15ClN6OS. The van der Waals surface area contributed by atoms with Crippen LogP contribution in [0.4, 0.5) is 11.6 Å². The number of aromatic nitrogens is 5. The Hall–Kier alpha value is -2.45. The zero-order valence-corrected chi connectivity index (χ0v) is 15.4. The third-order valence-corrected chi connectivity index (χ3v) is 3.98. The fourth-order valence-corrected chi connectivity index (χ4v) is 3.14. The second-order valence-electron chi connectivity index (χ2n) is 5.07. The molecule has 0 saturated heterocycles. The second-order valence-corrected chi connectivity index (χ2v) is 6.34. The van der Waals surface area contributed by atoms with Crippen molar-refractivity contribution in [1.29, 1.82) is 0 Å². The molecule has 2 aromatic heterocycles. The molecule has 0 aliphatic carbocycles. The van der Waals surface area contributed by atoms with Gasteiger partial charge in [0.15, 0.2) is 5.16 Å². The molecule has 3 rings (SSSR count). The Kier molecular flexibility index (Phi) is 5.30. The van der Waals surface area contributed by atoms with Crippen molar-refractivity contribution in [2.75, 3.05) is 12.4 Å². The van der Waals surface area contributed by atoms with Crippen LogP contribution in [0.1, 0.15) is 11.4 Å². The summed E-state index contributed by atoms with van der Waals surface area (Å²) in [7, 11) is 1.60. The molecular weight excluding hydrogens is 360 g/mol. The summed E-state index contributed by atoms with van der Waals surface area (Å²) in [5.41, 5.74) is 2.48. The predicted molar refractivity (Wildman–Crippen MR) is 96.7 cm³/mol. The van der Waals surface area contributed by atoms with Crippen LogP contribution in [0, 0.1) is 13.8 Å². The Bertz CT molecular complexity index is 887. The van der Waals surface area contributed by atoms with Gasteiger partial charge in [0.2, 0.25) is 16.4 Å². The van der Waals surface area contributed by atoms with E-state index in [0.29, 0.717) is 22.0 Å². The normalized spacial score (nSPS) is 10.6. The average Bonchev–Trinajstić information content (AvgIpc) is 2.53. The number of nitrogens with zero attached hydrogens (tertiary/aromatic N) is 5. The minimum absolute atomic E-state index is 0.0827. The Labute approximate surface area is 154 Å². The van der Waals surface area contributed by atoms with Crippen molar-refractivity contribution in [2.45, 2.75) is 24.2 Å². The van der Waals surface area contributed by atoms with Gasteiger partial charge in [-0.1, -0.05) is 12.1 Å². The first-order valence-corrected chi connectivity index (χ1v) is 8.54. The van der Waals surface area contributed by atoms with Crippen molar-refractivity contribution in [3.8, 4) is 5.75 Å². The summed E-state index contributed by atoms with van der Waals surface area (Å²) in [5.74, 6) is 0.988. The fraction of sp³-hybridized carbons (Fsp3) is 0.188. The highest BCUT2D eigenvalue weighted by molar-refractivity contribution is 7.99. The lowest BCUT2D eigenvalue weighted by Crippen LogP contribution is -2.02. The second kappa shape index (κ2) is 7.62. The Morgan fingerprint density at radius 2 is 1.64 bits per heavy atom. The summed E-state index contributed by atoms with van der Waals surface area (Å²) >= 11 is 7.26. The summed E-state index contributed by atoms with van der Waals surface area (Å²) in [5, 5.41) is 4.13. The zero-order chi connectivity index (χ0) is 17.8. The fourth-order valence-electron chi connectivity index (χ4n) is 2.12. The van der Waals surface area contributed by atoms with Crippen molar-refractivity contribution in [1.82, 2.24) is 24.9 Å². The van der Waals surface area contributed by atoms with E-state index in [0.717, 1.165) is 17.1 Å². The molecule has 0 spiro atoms. The number of benzene rings is 1. The van der Waals surface area contributed by atoms with Crippen LogP contribution in [0.2, 0.25) is 5.28 Å². The van der Waals surface area contributed by atoms with Gasteiger partial charge in [0.1, 0.15) is 5.75 Å². The van der Waals surface area contributed by atoms with Crippen LogP contribution >= 0.6 is 23.4 Å². The Morgan fingerprint density at radius 3 is 2.36 bits per heavy atom. The van der Waals surface area contributed by atoms with Gasteiger partial charge in [0, 0.05) is 11.4 Å². The lowest BCUT2D eigenvalue weighted by Gasteiger charge is -2.10. The molecule has 0 amide bonds. The maximum absolute atomic E-state index is 6.03. The van der Waals surface area contributed by atoms with E-state index < -0.39 is 0 Å². The third kappa shape index (κ3) is 4.55. The molecule has 128 valence electrons. The van der Waals surface area contributed by atoms with Crippen LogP contribution < -0.4 is 10.1 Å². The number of nitrogens with one attached hydrogen (secondary N) is 1. The minimum atomic E-state index is 0.0827. The van der Waals surface area contributed by atoms with Gasteiger partial charge >= 0.3 is 0 Å². The van der Waals surface area contributed by atoms with E-state index in [1.54, 1.807) is 7.11 Å². The number of aryl methyl sites for hydroxylation is 2. The van der Waals surface area contributed by atoms with Crippen LogP contribution in [-0.4, -0.2) is 32.0 Å². The molecule has 0 bridgehead atoms. The maximum atomic E-state index is 6.03. The quantitative estimate of drug-likeness (QED) is 0.674. The van der Waals surface area contributed by atoms with Gasteiger partial charge in [-0.25, -0.2) is 9.97 Å². The van der Waals surface area contributed by atoms with Crippen molar-refractivity contribution in [3.63, 3.8) is 0 Å². The number of anilines is 2. The average molecular weight is 375 g/mol. The molecule has 1 aromatic carbocycles. The van der Waals surface area contributed by atoms with Crippen LogP contribution in [0.25, 0.3) is 0 Å². The molecule has 2 heterocycles. The molecule has 0 radical (unpaired) electrons. The molecule has 0 fully saturated rings. The maximum Gasteiger partial charge on any atom is 0.232 e. The van der Waals surface area contributed by atoms with Gasteiger partial charge in [0.25, 0.3) is 0 Å². The van der Waals surface area contributed by atoms with Crippen molar-refractivity contribution < 1.29 is 4.74 Å². The lowest BCUT2D eigenvalue weighted by molar-refractivity contribution is 0.417. The molecule has 3 aromatic rings. The Balaban J connectivity index is 1.87. The molecule has 0 saturated carbocycles. The van der Waals surface area contributed by atoms with Gasteiger partial charge in [-0.15, -0.1) is 0 Å². The number of halogens is 1. The zero-order valence-electron chi connectivity index (χ0n) is 13.8. The first kappa shape index (κ1) is 17.4. The van der Waals surface area contributed by atoms with Gasteiger partial charge < -0.3 is 10.1 Å². The highest BCUT2D eigenvalue weighted by atomic mass is 35.5. The number of methoxy groups -OCH3 is 1. The Morgan fingerprint density at radius 1 is 0.960 bits per heavy atom. The number of ether oxygens (including phenoxy) is 1. The largest absolute Gasteiger partial charge is 0.495 e. The third-order valence-electron chi connectivity index (χ3n) is 3.09. The molecule has 9 heteroatoms. The first-order chi connectivity index (χ1) is 12.0. The van der Waals surface area contributed by atoms with E-state index in [4.69, 9.17) is 16.3 Å². The standard InChI is InChI=1S/C16H15ClN6OS/c1-9-8-10(2)19-15(18-9)25-16-22-13(17)21-14(23-16)20-11-6-4-5-7-12(11)24-3/h4-8H,1-3H3,(H,20,21,22,23). The summed E-state index contributed by atoms with van der Waals surface area (Å²) in [6.07, 6.45) is 0. The van der Waals surface area contributed by atoms with E-state index in [2.05, 4.69) is 30.2 Å². The van der Waals surface area contributed by atoms with E-state index in [-0.39, 0.29) is 5.28 Å². The summed E-state index contributed by atoms with van der Waals surface area (Å²) in [6.45, 7) is 3.82. The number of hydrogen-bond acceptors (Lipinski definition) is 8. The number of hydrogen-bond donors (Lipinski definition) is 1. The summed E-state index contributed by atoms with van der Waals surface area (Å²) in [6, 6.07) is 9.36. The highest BCUT2D eigenvalue weighted by Crippen LogP contribution is 2.28. The van der Waals surface area contributed by atoms with Crippen molar-refractivity contribution in [3.05, 3.63) is 47.0 Å². The van der Waals surface area contributed by atoms with Crippen LogP contribution in [0.3, 0.4) is 0 Å². The topological polar surface area (TPSA) is 85.7 Å². The minimum Gasteiger partial charge on any atom is -0.495 e. The van der Waals surface area contributed by atoms with Crippen LogP contribution in [0.5, 0.6) is 5.75 Å². The van der Waals surface area contributed by atoms with Crippen molar-refractivity contribution in [2.24, 2.45) is 0 Å². The number of rotatable bonds is 5. The number of para-hydroxylation sites is 2. The highest BCUT2D eigenvalue weighted by Gasteiger charge is 2.11. The predicted octanol–water partition coefficient (Wildman–Crippen LogP) is 3.84. The summed E-state index contributed by atoms with van der Waals surface area (Å²) < 4.78 is 5.31. The van der Waals surface area contributed by atoms with Gasteiger partial charge in [-0.3, -0.25) is 0 Å². The van der Waals surface area contributed by atoms with Gasteiger partial charge in [-0.05, 0) is 55.4 Å². The lowest BCUT2D eigenvalue weighted by atomic mass is 10.3. The van der Waals surface area contributed by atoms with E-state index >= 15 is 0 Å². The molecule has 0 unspecified atom stereocenters. The van der Waals surface area contributed by atoms with Crippen molar-refractivity contribution >= 4 is 35.0 Å². The summed E-state index contributed by atoms with van der Waals surface area (Å²) in [4.78, 5) is 21.3. The molecule has 1 N–H and O–H groups in total. The molecule has 0 atom stereocenters. The molecule has 0 aliphatic rings. The van der Waals surface area contributed by atoms with E-state index in [1.165, 1.54) is 11.8 Å². The van der Waals surface area contributed by atoms with Crippen LogP contribution in [0.15, 0.2) is 40.6 Å². The monoisotopic (exact) mass is 374 g/mol. The van der Waals surface area contributed by atoms with E-state index in [9.17, 15) is 0 Å². The SMILES string of the molecule is COc1ccccc1Nc1nc(Cl)nc(Sc2nc(C)cc(C)n2)n1. The van der Waals surface area contributed by atoms with Gasteiger partial charge in [0.05, 0.1) is 12.8 Å². The van der Waals surface area contributed by atoms with Gasteiger partial charge in [-0.2, -0.15) is 15.0 Å². The van der Waals surface area contributed by atoms with E-state index in [1.807, 2.05) is 44.2 Å². The molecule has 25 heavy (non-hydrogen) atoms. The molecule has 0 aliphatic heterocycles. The first-order valence-electron chi connectivity index (χ1n) is 7.35.